The summed E-state index contributed by atoms with van der Waals surface area (Å²) in [6.07, 6.45) is 2.99. The molecule has 2 aromatic rings. The molecule has 24 heavy (non-hydrogen) atoms. The van der Waals surface area contributed by atoms with Crippen molar-refractivity contribution in [2.45, 2.75) is 6.04 Å². The second kappa shape index (κ2) is 6.46. The average molecular weight is 353 g/mol. The molecule has 1 aliphatic rings. The molecule has 1 amide bonds. The van der Waals surface area contributed by atoms with Gasteiger partial charge in [0.2, 0.25) is 10.0 Å². The lowest BCUT2D eigenvalue weighted by atomic mass is 10.1. The van der Waals surface area contributed by atoms with E-state index < -0.39 is 10.0 Å². The Morgan fingerprint density at radius 3 is 2.96 bits per heavy atom. The smallest absolute Gasteiger partial charge is 0.253 e. The van der Waals surface area contributed by atoms with Crippen LogP contribution in [0.5, 0.6) is 0 Å². The number of ether oxygens (including phenoxy) is 1. The average Bonchev–Trinajstić information content (AvgIpc) is 3.15. The largest absolute Gasteiger partial charge is 0.379 e. The number of amides is 1. The third-order valence-electron chi connectivity index (χ3n) is 4.03. The molecule has 1 fully saturated rings. The van der Waals surface area contributed by atoms with Gasteiger partial charge in [0.1, 0.15) is 6.33 Å². The van der Waals surface area contributed by atoms with Gasteiger partial charge in [0.05, 0.1) is 30.6 Å². The molecule has 3 heterocycles. The fraction of sp³-hybridized carbons (Fsp3) is 0.500. The first-order chi connectivity index (χ1) is 11.4. The fourth-order valence-corrected chi connectivity index (χ4v) is 3.71. The summed E-state index contributed by atoms with van der Waals surface area (Å²) >= 11 is 0. The van der Waals surface area contributed by atoms with Crippen molar-refractivity contribution in [3.63, 3.8) is 0 Å². The summed E-state index contributed by atoms with van der Waals surface area (Å²) in [6, 6.07) is 3.00. The van der Waals surface area contributed by atoms with Gasteiger partial charge < -0.3 is 10.1 Å². The minimum absolute atomic E-state index is 0.0624. The molecule has 2 aromatic heterocycles. The molecule has 0 saturated carbocycles. The van der Waals surface area contributed by atoms with Crippen LogP contribution >= 0.6 is 0 Å². The Balaban J connectivity index is 1.70. The van der Waals surface area contributed by atoms with Gasteiger partial charge in [-0.05, 0) is 12.1 Å². The van der Waals surface area contributed by atoms with Crippen LogP contribution in [0.3, 0.4) is 0 Å². The molecule has 0 aliphatic carbocycles. The number of hydrogen-bond donors (Lipinski definition) is 1. The topological polar surface area (TPSA) is 106 Å². The zero-order chi connectivity index (χ0) is 17.3. The van der Waals surface area contributed by atoms with Gasteiger partial charge in [0.25, 0.3) is 5.91 Å². The molecule has 0 radical (unpaired) electrons. The van der Waals surface area contributed by atoms with E-state index in [0.29, 0.717) is 24.4 Å². The zero-order valence-electron chi connectivity index (χ0n) is 13.4. The van der Waals surface area contributed by atoms with E-state index >= 15 is 0 Å². The normalized spacial score (nSPS) is 21.5. The van der Waals surface area contributed by atoms with E-state index in [1.807, 2.05) is 0 Å². The molecular formula is C14H19N5O4S. The Kier molecular flexibility index (Phi) is 4.52. The second-order valence-electron chi connectivity index (χ2n) is 5.92. The summed E-state index contributed by atoms with van der Waals surface area (Å²) in [5.74, 6) is -0.640. The maximum Gasteiger partial charge on any atom is 0.253 e. The van der Waals surface area contributed by atoms with Crippen LogP contribution in [0.15, 0.2) is 24.7 Å². The summed E-state index contributed by atoms with van der Waals surface area (Å²) in [6.45, 7) is 0.602. The van der Waals surface area contributed by atoms with Crippen molar-refractivity contribution < 1.29 is 17.9 Å². The van der Waals surface area contributed by atoms with Crippen molar-refractivity contribution in [3.05, 3.63) is 30.2 Å². The minimum Gasteiger partial charge on any atom is -0.379 e. The van der Waals surface area contributed by atoms with E-state index in [1.165, 1.54) is 29.2 Å². The van der Waals surface area contributed by atoms with Crippen LogP contribution in [0, 0.1) is 5.92 Å². The lowest BCUT2D eigenvalue weighted by Crippen LogP contribution is -2.43. The van der Waals surface area contributed by atoms with E-state index in [4.69, 9.17) is 4.74 Å². The van der Waals surface area contributed by atoms with E-state index in [0.717, 1.165) is 0 Å². The Hall–Kier alpha value is -2.04. The zero-order valence-corrected chi connectivity index (χ0v) is 14.2. The lowest BCUT2D eigenvalue weighted by molar-refractivity contribution is 0.0925. The van der Waals surface area contributed by atoms with Crippen LogP contribution in [0.2, 0.25) is 0 Å². The maximum atomic E-state index is 12.4. The van der Waals surface area contributed by atoms with Gasteiger partial charge in [-0.25, -0.2) is 22.2 Å². The van der Waals surface area contributed by atoms with E-state index in [-0.39, 0.29) is 23.6 Å². The van der Waals surface area contributed by atoms with Crippen LogP contribution in [0.25, 0.3) is 5.65 Å². The van der Waals surface area contributed by atoms with Gasteiger partial charge in [-0.3, -0.25) is 4.79 Å². The molecule has 0 spiro atoms. The highest BCUT2D eigenvalue weighted by Crippen LogP contribution is 2.18. The van der Waals surface area contributed by atoms with Gasteiger partial charge in [0.15, 0.2) is 5.65 Å². The number of carbonyl (C=O) groups is 1. The lowest BCUT2D eigenvalue weighted by Gasteiger charge is -2.21. The molecule has 1 saturated heterocycles. The summed E-state index contributed by atoms with van der Waals surface area (Å²) in [5, 5.41) is 6.85. The molecule has 0 unspecified atom stereocenters. The summed E-state index contributed by atoms with van der Waals surface area (Å²) < 4.78 is 32.1. The molecule has 9 nitrogen and oxygen atoms in total. The Bertz CT molecular complexity index is 848. The molecule has 3 rings (SSSR count). The van der Waals surface area contributed by atoms with E-state index in [2.05, 4.69) is 15.4 Å². The van der Waals surface area contributed by atoms with Crippen LogP contribution in [-0.4, -0.2) is 72.3 Å². The first-order valence-corrected chi connectivity index (χ1v) is 9.06. The number of nitrogens with one attached hydrogen (secondary N) is 1. The Labute approximate surface area is 139 Å². The molecule has 1 aliphatic heterocycles. The van der Waals surface area contributed by atoms with Crippen molar-refractivity contribution >= 4 is 21.6 Å². The molecular weight excluding hydrogens is 334 g/mol. The van der Waals surface area contributed by atoms with Gasteiger partial charge >= 0.3 is 0 Å². The molecule has 130 valence electrons. The number of hydrogen-bond acceptors (Lipinski definition) is 6. The third kappa shape index (κ3) is 3.40. The maximum absolute atomic E-state index is 12.4. The van der Waals surface area contributed by atoms with Crippen molar-refractivity contribution in [2.24, 2.45) is 5.92 Å². The number of nitrogens with zero attached hydrogens (tertiary/aromatic N) is 4. The predicted molar refractivity (Wildman–Crippen MR) is 86.0 cm³/mol. The molecule has 10 heteroatoms. The van der Waals surface area contributed by atoms with Crippen LogP contribution in [0.4, 0.5) is 0 Å². The molecule has 0 aromatic carbocycles. The highest BCUT2D eigenvalue weighted by atomic mass is 32.2. The number of sulfonamides is 1. The highest BCUT2D eigenvalue weighted by Gasteiger charge is 2.34. The van der Waals surface area contributed by atoms with Gasteiger partial charge in [-0.2, -0.15) is 5.10 Å². The molecule has 0 bridgehead atoms. The fourth-order valence-electron chi connectivity index (χ4n) is 2.54. The monoisotopic (exact) mass is 353 g/mol. The van der Waals surface area contributed by atoms with Crippen LogP contribution in [-0.2, 0) is 14.8 Å². The summed E-state index contributed by atoms with van der Waals surface area (Å²) in [7, 11) is -0.372. The predicted octanol–water partition coefficient (Wildman–Crippen LogP) is -0.634. The van der Waals surface area contributed by atoms with Gasteiger partial charge in [-0.15, -0.1) is 0 Å². The first kappa shape index (κ1) is 16.8. The number of carbonyl (C=O) groups excluding carboxylic acids is 1. The van der Waals surface area contributed by atoms with Crippen molar-refractivity contribution in [2.75, 3.05) is 33.1 Å². The Morgan fingerprint density at radius 1 is 1.42 bits per heavy atom. The Morgan fingerprint density at radius 2 is 2.21 bits per heavy atom. The van der Waals surface area contributed by atoms with E-state index in [9.17, 15) is 13.2 Å². The number of fused-ring (bicyclic) bond motifs is 1. The summed E-state index contributed by atoms with van der Waals surface area (Å²) in [4.78, 5) is 16.4. The standard InChI is InChI=1S/C14H19N5O4S/c1-18(2)24(21,22)8-11-6-23-7-12(11)17-14(20)10-3-4-13-15-9-16-19(13)5-10/h3-5,9,11-12H,6-8H2,1-2H3,(H,17,20)/t11-,12-/m0/s1. The quantitative estimate of drug-likeness (QED) is 0.767. The first-order valence-electron chi connectivity index (χ1n) is 7.45. The second-order valence-corrected chi connectivity index (χ2v) is 8.15. The van der Waals surface area contributed by atoms with Gasteiger partial charge in [0, 0.05) is 26.2 Å². The SMILES string of the molecule is CN(C)S(=O)(=O)C[C@@H]1COC[C@@H]1NC(=O)c1ccc2ncnn2c1. The van der Waals surface area contributed by atoms with E-state index in [1.54, 1.807) is 18.3 Å². The van der Waals surface area contributed by atoms with Gasteiger partial charge in [-0.1, -0.05) is 0 Å². The highest BCUT2D eigenvalue weighted by molar-refractivity contribution is 7.89. The number of aromatic nitrogens is 3. The number of pyridine rings is 1. The van der Waals surface area contributed by atoms with Crippen molar-refractivity contribution in [1.29, 1.82) is 0 Å². The third-order valence-corrected chi connectivity index (χ3v) is 5.99. The molecule has 2 atom stereocenters. The van der Waals surface area contributed by atoms with Crippen LogP contribution < -0.4 is 5.32 Å². The van der Waals surface area contributed by atoms with Crippen molar-refractivity contribution in [1.82, 2.24) is 24.2 Å². The van der Waals surface area contributed by atoms with Crippen LogP contribution in [0.1, 0.15) is 10.4 Å². The minimum atomic E-state index is -3.36. The van der Waals surface area contributed by atoms with Crippen molar-refractivity contribution in [3.8, 4) is 0 Å². The number of rotatable bonds is 5. The molecule has 1 N–H and O–H groups in total. The summed E-state index contributed by atoms with van der Waals surface area (Å²) in [5.41, 5.74) is 1.07.